The van der Waals surface area contributed by atoms with Crippen LogP contribution in [-0.4, -0.2) is 17.6 Å². The Hall–Kier alpha value is -2.31. The number of carbonyl (C=O) groups excluding carboxylic acids is 1. The summed E-state index contributed by atoms with van der Waals surface area (Å²) in [7, 11) is 0. The van der Waals surface area contributed by atoms with E-state index in [1.54, 1.807) is 6.92 Å². The van der Waals surface area contributed by atoms with Crippen LogP contribution in [0.5, 0.6) is 5.75 Å². The van der Waals surface area contributed by atoms with Crippen LogP contribution in [-0.2, 0) is 0 Å². The van der Waals surface area contributed by atoms with E-state index >= 15 is 0 Å². The summed E-state index contributed by atoms with van der Waals surface area (Å²) in [5.41, 5.74) is 5.11. The van der Waals surface area contributed by atoms with Crippen molar-refractivity contribution >= 4 is 17.5 Å². The van der Waals surface area contributed by atoms with Crippen LogP contribution >= 0.6 is 0 Å². The second kappa shape index (κ2) is 4.96. The Morgan fingerprint density at radius 2 is 2.31 bits per heavy atom. The second-order valence-electron chi connectivity index (χ2n) is 2.90. The maximum atomic E-state index is 11.0. The lowest BCUT2D eigenvalue weighted by atomic mass is 10.2. The number of rotatable bonds is 3. The van der Waals surface area contributed by atoms with Crippen LogP contribution in [0.25, 0.3) is 0 Å². The lowest BCUT2D eigenvalue weighted by Crippen LogP contribution is -2.26. The van der Waals surface area contributed by atoms with Gasteiger partial charge in [-0.2, -0.15) is 0 Å². The largest absolute Gasteiger partial charge is 0.412 e. The first kappa shape index (κ1) is 11.8. The first-order valence-electron chi connectivity index (χ1n) is 4.54. The first-order chi connectivity index (χ1) is 7.54. The molecule has 0 saturated heterocycles. The zero-order valence-electron chi connectivity index (χ0n) is 8.60. The van der Waals surface area contributed by atoms with Crippen LogP contribution in [0.1, 0.15) is 6.92 Å². The maximum Gasteiger partial charge on any atom is 0.412 e. The van der Waals surface area contributed by atoms with E-state index in [2.05, 4.69) is 5.32 Å². The van der Waals surface area contributed by atoms with Crippen molar-refractivity contribution in [1.82, 2.24) is 5.32 Å². The number of nitrogens with zero attached hydrogens (tertiary/aromatic N) is 1. The topological polar surface area (TPSA) is 107 Å². The molecule has 16 heavy (non-hydrogen) atoms. The predicted octanol–water partition coefficient (Wildman–Crippen LogP) is 1.29. The predicted molar refractivity (Wildman–Crippen MR) is 57.2 cm³/mol. The van der Waals surface area contributed by atoms with E-state index < -0.39 is 11.0 Å². The van der Waals surface area contributed by atoms with E-state index in [1.807, 2.05) is 0 Å². The van der Waals surface area contributed by atoms with Gasteiger partial charge in [0.2, 0.25) is 0 Å². The third kappa shape index (κ3) is 2.84. The van der Waals surface area contributed by atoms with Gasteiger partial charge in [0.25, 0.3) is 5.69 Å². The maximum absolute atomic E-state index is 11.0. The van der Waals surface area contributed by atoms with E-state index in [0.717, 1.165) is 6.07 Å². The normalized spacial score (nSPS) is 9.56. The summed E-state index contributed by atoms with van der Waals surface area (Å²) in [5.74, 6) is 0.0758. The van der Waals surface area contributed by atoms with Crippen LogP contribution in [0.15, 0.2) is 18.2 Å². The van der Waals surface area contributed by atoms with Gasteiger partial charge in [0, 0.05) is 6.54 Å². The number of amides is 1. The molecule has 0 atom stereocenters. The average Bonchev–Trinajstić information content (AvgIpc) is 2.21. The molecule has 0 fully saturated rings. The van der Waals surface area contributed by atoms with Crippen molar-refractivity contribution in [3.8, 4) is 5.75 Å². The number of hydrogen-bond donors (Lipinski definition) is 2. The number of nitro groups is 1. The molecule has 1 rings (SSSR count). The highest BCUT2D eigenvalue weighted by Gasteiger charge is 2.13. The molecule has 0 bridgehead atoms. The van der Waals surface area contributed by atoms with Crippen molar-refractivity contribution in [3.63, 3.8) is 0 Å². The molecule has 86 valence electrons. The average molecular weight is 225 g/mol. The molecule has 0 aromatic heterocycles. The molecule has 0 aliphatic carbocycles. The molecular weight excluding hydrogens is 214 g/mol. The zero-order chi connectivity index (χ0) is 12.1. The van der Waals surface area contributed by atoms with Crippen LogP contribution in [0.3, 0.4) is 0 Å². The van der Waals surface area contributed by atoms with Gasteiger partial charge in [0.05, 0.1) is 11.0 Å². The molecule has 0 aliphatic heterocycles. The quantitative estimate of drug-likeness (QED) is 0.457. The summed E-state index contributed by atoms with van der Waals surface area (Å²) >= 11 is 0. The molecule has 0 aliphatic rings. The first-order valence-corrected chi connectivity index (χ1v) is 4.54. The van der Waals surface area contributed by atoms with Crippen LogP contribution in [0, 0.1) is 10.1 Å². The number of nitrogens with two attached hydrogens (primary N) is 1. The van der Waals surface area contributed by atoms with Gasteiger partial charge in [-0.3, -0.25) is 10.1 Å². The molecule has 0 heterocycles. The van der Waals surface area contributed by atoms with Crippen molar-refractivity contribution in [1.29, 1.82) is 0 Å². The summed E-state index contributed by atoms with van der Waals surface area (Å²) in [6.45, 7) is 2.14. The van der Waals surface area contributed by atoms with E-state index in [1.165, 1.54) is 12.1 Å². The van der Waals surface area contributed by atoms with Crippen LogP contribution in [0.2, 0.25) is 0 Å². The number of nitrogens with one attached hydrogen (secondary N) is 1. The van der Waals surface area contributed by atoms with Crippen molar-refractivity contribution in [2.45, 2.75) is 6.92 Å². The summed E-state index contributed by atoms with van der Waals surface area (Å²) in [6.07, 6.45) is -0.665. The number of nitrogen functional groups attached to an aromatic ring is 1. The van der Waals surface area contributed by atoms with E-state index in [9.17, 15) is 14.9 Å². The Morgan fingerprint density at radius 1 is 1.62 bits per heavy atom. The minimum atomic E-state index is -0.665. The highest BCUT2D eigenvalue weighted by Crippen LogP contribution is 2.26. The Bertz CT molecular complexity index is 419. The lowest BCUT2D eigenvalue weighted by molar-refractivity contribution is -0.383. The Kier molecular flexibility index (Phi) is 3.65. The molecular formula is C9H11N3O4. The van der Waals surface area contributed by atoms with E-state index in [0.29, 0.717) is 6.54 Å². The smallest absolute Gasteiger partial charge is 0.410 e. The molecule has 0 radical (unpaired) electrons. The molecule has 7 heteroatoms. The van der Waals surface area contributed by atoms with Gasteiger partial charge in [-0.15, -0.1) is 0 Å². The summed E-state index contributed by atoms with van der Waals surface area (Å²) in [6, 6.07) is 3.80. The molecule has 0 spiro atoms. The van der Waals surface area contributed by atoms with Gasteiger partial charge in [-0.1, -0.05) is 0 Å². The molecule has 3 N–H and O–H groups in total. The van der Waals surface area contributed by atoms with Gasteiger partial charge >= 0.3 is 6.09 Å². The van der Waals surface area contributed by atoms with Crippen molar-refractivity contribution in [2.75, 3.05) is 12.3 Å². The molecule has 1 aromatic rings. The fourth-order valence-corrected chi connectivity index (χ4v) is 1.03. The standard InChI is InChI=1S/C9H11N3O4/c1-2-11-9(13)16-6-3-4-7(10)8(5-6)12(14)15/h3-5H,2,10H2,1H3,(H,11,13). The van der Waals surface area contributed by atoms with Crippen molar-refractivity contribution in [3.05, 3.63) is 28.3 Å². The van der Waals surface area contributed by atoms with Gasteiger partial charge in [-0.25, -0.2) is 4.79 Å². The van der Waals surface area contributed by atoms with Crippen molar-refractivity contribution in [2.24, 2.45) is 0 Å². The van der Waals surface area contributed by atoms with Gasteiger partial charge in [0.1, 0.15) is 11.4 Å². The SMILES string of the molecule is CCNC(=O)Oc1ccc(N)c([N+](=O)[O-])c1. The Balaban J connectivity index is 2.87. The van der Waals surface area contributed by atoms with E-state index in [-0.39, 0.29) is 17.1 Å². The molecule has 1 amide bonds. The number of anilines is 1. The minimum Gasteiger partial charge on any atom is -0.410 e. The zero-order valence-corrected chi connectivity index (χ0v) is 8.60. The van der Waals surface area contributed by atoms with Crippen LogP contribution < -0.4 is 15.8 Å². The number of hydrogen-bond acceptors (Lipinski definition) is 5. The van der Waals surface area contributed by atoms with Gasteiger partial charge in [0.15, 0.2) is 0 Å². The van der Waals surface area contributed by atoms with Crippen LogP contribution in [0.4, 0.5) is 16.2 Å². The number of carbonyl (C=O) groups is 1. The third-order valence-electron chi connectivity index (χ3n) is 1.73. The highest BCUT2D eigenvalue weighted by atomic mass is 16.6. The lowest BCUT2D eigenvalue weighted by Gasteiger charge is -2.05. The molecule has 0 saturated carbocycles. The number of nitro benzene ring substituents is 1. The summed E-state index contributed by atoms with van der Waals surface area (Å²) < 4.78 is 4.79. The second-order valence-corrected chi connectivity index (χ2v) is 2.90. The molecule has 0 unspecified atom stereocenters. The van der Waals surface area contributed by atoms with Crippen molar-refractivity contribution < 1.29 is 14.5 Å². The molecule has 7 nitrogen and oxygen atoms in total. The Labute approximate surface area is 91.3 Å². The fraction of sp³-hybridized carbons (Fsp3) is 0.222. The summed E-state index contributed by atoms with van der Waals surface area (Å²) in [4.78, 5) is 21.0. The van der Waals surface area contributed by atoms with E-state index in [4.69, 9.17) is 10.5 Å². The van der Waals surface area contributed by atoms with Gasteiger partial charge in [-0.05, 0) is 19.1 Å². The number of ether oxygens (including phenoxy) is 1. The Morgan fingerprint density at radius 3 is 2.88 bits per heavy atom. The monoisotopic (exact) mass is 225 g/mol. The fourth-order valence-electron chi connectivity index (χ4n) is 1.03. The highest BCUT2D eigenvalue weighted by molar-refractivity contribution is 5.71. The third-order valence-corrected chi connectivity index (χ3v) is 1.73. The minimum absolute atomic E-state index is 0.0215. The summed E-state index contributed by atoms with van der Waals surface area (Å²) in [5, 5.41) is 12.9. The molecule has 1 aromatic carbocycles. The number of benzene rings is 1. The van der Waals surface area contributed by atoms with Gasteiger partial charge < -0.3 is 15.8 Å².